The van der Waals surface area contributed by atoms with Gasteiger partial charge in [-0.1, -0.05) is 25.4 Å². The normalized spacial score (nSPS) is 10.9. The largest absolute Gasteiger partial charge is 0.456 e. The lowest BCUT2D eigenvalue weighted by molar-refractivity contribution is -0.125. The maximum absolute atomic E-state index is 11.9. The first kappa shape index (κ1) is 25.9. The lowest BCUT2D eigenvalue weighted by Crippen LogP contribution is -2.46. The number of aromatic nitrogens is 1. The van der Waals surface area contributed by atoms with E-state index in [-0.39, 0.29) is 49.1 Å². The molecule has 0 saturated carbocycles. The molecule has 0 saturated heterocycles. The highest BCUT2D eigenvalue weighted by Gasteiger charge is 2.17. The van der Waals surface area contributed by atoms with E-state index in [9.17, 15) is 9.59 Å². The number of halogens is 3. The molecule has 0 bridgehead atoms. The molecular weight excluding hydrogens is 427 g/mol. The molecule has 28 heavy (non-hydrogen) atoms. The highest BCUT2D eigenvalue weighted by molar-refractivity contribution is 6.32. The number of anilines is 1. The lowest BCUT2D eigenvalue weighted by Gasteiger charge is -2.15. The minimum Gasteiger partial charge on any atom is -0.456 e. The molecule has 0 aliphatic heterocycles. The smallest absolute Gasteiger partial charge is 0.243 e. The van der Waals surface area contributed by atoms with Gasteiger partial charge >= 0.3 is 0 Å². The third-order valence-corrected chi connectivity index (χ3v) is 3.83. The summed E-state index contributed by atoms with van der Waals surface area (Å²) in [4.78, 5) is 27.6. The number of nitrogens with one attached hydrogen (secondary N) is 2. The number of benzene rings is 1. The molecular formula is C18H23Cl3N4O3. The number of amides is 2. The fourth-order valence-electron chi connectivity index (χ4n) is 1.99. The van der Waals surface area contributed by atoms with E-state index in [2.05, 4.69) is 15.6 Å². The van der Waals surface area contributed by atoms with Gasteiger partial charge in [0.2, 0.25) is 11.8 Å². The highest BCUT2D eigenvalue weighted by Crippen LogP contribution is 2.31. The number of pyridine rings is 1. The van der Waals surface area contributed by atoms with Crippen LogP contribution in [0.5, 0.6) is 11.5 Å². The van der Waals surface area contributed by atoms with Crippen molar-refractivity contribution in [1.29, 1.82) is 0 Å². The Balaban J connectivity index is 0.00000364. The first-order valence-corrected chi connectivity index (χ1v) is 8.45. The van der Waals surface area contributed by atoms with Crippen molar-refractivity contribution in [3.05, 3.63) is 47.7 Å². The summed E-state index contributed by atoms with van der Waals surface area (Å²) in [6, 6.07) is 7.63. The van der Waals surface area contributed by atoms with E-state index >= 15 is 0 Å². The zero-order valence-corrected chi connectivity index (χ0v) is 17.7. The Hall–Kier alpha value is -2.06. The summed E-state index contributed by atoms with van der Waals surface area (Å²) in [5, 5.41) is 5.49. The molecule has 1 aromatic heterocycles. The molecule has 10 heteroatoms. The summed E-state index contributed by atoms with van der Waals surface area (Å²) in [5.74, 6) is 0.294. The number of hydrogen-bond acceptors (Lipinski definition) is 5. The summed E-state index contributed by atoms with van der Waals surface area (Å²) >= 11 is 6.19. The maximum atomic E-state index is 11.9. The molecule has 1 aromatic carbocycles. The molecule has 0 radical (unpaired) electrons. The number of carbonyl (C=O) groups is 2. The summed E-state index contributed by atoms with van der Waals surface area (Å²) in [5.41, 5.74) is 6.21. The van der Waals surface area contributed by atoms with E-state index in [4.69, 9.17) is 22.1 Å². The van der Waals surface area contributed by atoms with Crippen molar-refractivity contribution in [3.63, 3.8) is 0 Å². The van der Waals surface area contributed by atoms with E-state index in [0.29, 0.717) is 22.2 Å². The fourth-order valence-corrected chi connectivity index (χ4v) is 2.21. The second kappa shape index (κ2) is 12.4. The quantitative estimate of drug-likeness (QED) is 0.600. The van der Waals surface area contributed by atoms with Crippen LogP contribution in [0.4, 0.5) is 5.69 Å². The summed E-state index contributed by atoms with van der Waals surface area (Å²) < 4.78 is 5.64. The van der Waals surface area contributed by atoms with Crippen LogP contribution < -0.4 is 21.1 Å². The van der Waals surface area contributed by atoms with E-state index in [1.807, 2.05) is 13.8 Å². The third kappa shape index (κ3) is 7.90. The molecule has 2 aromatic rings. The lowest BCUT2D eigenvalue weighted by atomic mass is 10.1. The fraction of sp³-hybridized carbons (Fsp3) is 0.278. The van der Waals surface area contributed by atoms with Gasteiger partial charge in [0, 0.05) is 18.1 Å². The van der Waals surface area contributed by atoms with Crippen molar-refractivity contribution in [2.24, 2.45) is 11.7 Å². The van der Waals surface area contributed by atoms with Crippen LogP contribution in [0.3, 0.4) is 0 Å². The third-order valence-electron chi connectivity index (χ3n) is 3.54. The minimum atomic E-state index is -0.651. The van der Waals surface area contributed by atoms with Crippen molar-refractivity contribution >= 4 is 53.9 Å². The molecule has 0 fully saturated rings. The van der Waals surface area contributed by atoms with E-state index < -0.39 is 6.04 Å². The van der Waals surface area contributed by atoms with E-state index in [0.717, 1.165) is 0 Å². The van der Waals surface area contributed by atoms with Gasteiger partial charge in [0.15, 0.2) is 0 Å². The molecule has 0 spiro atoms. The Morgan fingerprint density at radius 1 is 1.18 bits per heavy atom. The van der Waals surface area contributed by atoms with Crippen LogP contribution in [0, 0.1) is 5.92 Å². The van der Waals surface area contributed by atoms with Gasteiger partial charge in [0.25, 0.3) is 0 Å². The SMILES string of the molecule is CC(C)[C@H](N)C(=O)NCC(=O)Nc1ccc(Oc2ccncc2)c(Cl)c1.Cl.Cl. The van der Waals surface area contributed by atoms with Gasteiger partial charge in [0.05, 0.1) is 17.6 Å². The van der Waals surface area contributed by atoms with Crippen LogP contribution in [0.1, 0.15) is 13.8 Å². The first-order chi connectivity index (χ1) is 12.4. The summed E-state index contributed by atoms with van der Waals surface area (Å²) in [7, 11) is 0. The van der Waals surface area contributed by atoms with Crippen molar-refractivity contribution in [3.8, 4) is 11.5 Å². The average molecular weight is 450 g/mol. The molecule has 7 nitrogen and oxygen atoms in total. The van der Waals surface area contributed by atoms with Gasteiger partial charge in [-0.05, 0) is 36.2 Å². The van der Waals surface area contributed by atoms with Gasteiger partial charge in [0.1, 0.15) is 11.5 Å². The second-order valence-corrected chi connectivity index (χ2v) is 6.37. The number of nitrogens with two attached hydrogens (primary N) is 1. The van der Waals surface area contributed by atoms with Crippen molar-refractivity contribution in [1.82, 2.24) is 10.3 Å². The van der Waals surface area contributed by atoms with Crippen LogP contribution in [0.25, 0.3) is 0 Å². The first-order valence-electron chi connectivity index (χ1n) is 8.07. The molecule has 0 unspecified atom stereocenters. The van der Waals surface area contributed by atoms with Gasteiger partial charge in [-0.25, -0.2) is 0 Å². The Labute approximate surface area is 181 Å². The Morgan fingerprint density at radius 2 is 1.82 bits per heavy atom. The van der Waals surface area contributed by atoms with Crippen LogP contribution in [0.15, 0.2) is 42.7 Å². The summed E-state index contributed by atoms with van der Waals surface area (Å²) in [6.07, 6.45) is 3.22. The van der Waals surface area contributed by atoms with Gasteiger partial charge in [-0.2, -0.15) is 0 Å². The topological polar surface area (TPSA) is 106 Å². The minimum absolute atomic E-state index is 0. The molecule has 2 amide bonds. The van der Waals surface area contributed by atoms with Gasteiger partial charge in [-0.3, -0.25) is 14.6 Å². The highest BCUT2D eigenvalue weighted by atomic mass is 35.5. The number of carbonyl (C=O) groups excluding carboxylic acids is 2. The molecule has 1 heterocycles. The monoisotopic (exact) mass is 448 g/mol. The van der Waals surface area contributed by atoms with Crippen LogP contribution in [0.2, 0.25) is 5.02 Å². The van der Waals surface area contributed by atoms with Crippen LogP contribution in [-0.2, 0) is 9.59 Å². The molecule has 0 aliphatic rings. The van der Waals surface area contributed by atoms with Gasteiger partial charge in [-0.15, -0.1) is 24.8 Å². The standard InChI is InChI=1S/C18H21ClN4O3.2ClH/c1-11(2)17(20)18(25)22-10-16(24)23-12-3-4-15(14(19)9-12)26-13-5-7-21-8-6-13;;/h3-9,11,17H,10,20H2,1-2H3,(H,22,25)(H,23,24);2*1H/t17-;;/m0../s1. The maximum Gasteiger partial charge on any atom is 0.243 e. The van der Waals surface area contributed by atoms with E-state index in [1.165, 1.54) is 0 Å². The summed E-state index contributed by atoms with van der Waals surface area (Å²) in [6.45, 7) is 3.50. The molecule has 0 aliphatic carbocycles. The number of nitrogens with zero attached hydrogens (tertiary/aromatic N) is 1. The Bertz CT molecular complexity index is 776. The van der Waals surface area contributed by atoms with Crippen molar-refractivity contribution in [2.45, 2.75) is 19.9 Å². The molecule has 154 valence electrons. The molecule has 2 rings (SSSR count). The van der Waals surface area contributed by atoms with Crippen molar-refractivity contribution < 1.29 is 14.3 Å². The second-order valence-electron chi connectivity index (χ2n) is 5.97. The number of hydrogen-bond donors (Lipinski definition) is 3. The Morgan fingerprint density at radius 3 is 2.39 bits per heavy atom. The predicted molar refractivity (Wildman–Crippen MR) is 115 cm³/mol. The zero-order valence-electron chi connectivity index (χ0n) is 15.3. The zero-order chi connectivity index (χ0) is 19.1. The van der Waals surface area contributed by atoms with Crippen LogP contribution >= 0.6 is 36.4 Å². The molecule has 4 N–H and O–H groups in total. The van der Waals surface area contributed by atoms with E-state index in [1.54, 1.807) is 42.7 Å². The van der Waals surface area contributed by atoms with Gasteiger partial charge < -0.3 is 21.1 Å². The average Bonchev–Trinajstić information content (AvgIpc) is 2.62. The van der Waals surface area contributed by atoms with Crippen molar-refractivity contribution in [2.75, 3.05) is 11.9 Å². The van der Waals surface area contributed by atoms with Crippen LogP contribution in [-0.4, -0.2) is 29.4 Å². The number of ether oxygens (including phenoxy) is 1. The predicted octanol–water partition coefficient (Wildman–Crippen LogP) is 3.41. The Kier molecular flexibility index (Phi) is 11.5. The number of rotatable bonds is 7. The molecule has 1 atom stereocenters.